The van der Waals surface area contributed by atoms with Crippen molar-refractivity contribution in [2.75, 3.05) is 0 Å². The fourth-order valence-corrected chi connectivity index (χ4v) is 7.04. The van der Waals surface area contributed by atoms with Crippen LogP contribution in [0.5, 0.6) is 0 Å². The normalized spacial score (nSPS) is 11.8. The standard InChI is InChI=1S/C22H25.C21H23.C4H10Si.2ClH.Zr/c1-5-16(4)18-7-9-19(10-8-18)21-12-15(3)11-20-13-17(6-2)14-22(20)21;1-5-16(4)17-6-8-18(9-7-17)20-12-14(2)10-19-11-15(3)13-21(19)20;1-3-5-4-2;;;/h7-14,16H,5-6H2,1-4H3;6-13,16H,5H2,1-4H3;3-4H2,1-2H3;2*1H;/q2*-1;;;;+4/p-2. The molecule has 0 spiro atoms. The Balaban J connectivity index is 0.000000228. The fraction of sp³-hybridized carbons (Fsp3) is 0.362. The minimum absolute atomic E-state index is 0.636. The Hall–Kier alpha value is -2.22. The summed E-state index contributed by atoms with van der Waals surface area (Å²) in [7, 11) is 11.1. The van der Waals surface area contributed by atoms with Crippen molar-refractivity contribution in [3.63, 3.8) is 0 Å². The molecule has 0 bridgehead atoms. The Kier molecular flexibility index (Phi) is 18.7. The van der Waals surface area contributed by atoms with Crippen LogP contribution in [0.3, 0.4) is 0 Å². The Bertz CT molecular complexity index is 1890. The van der Waals surface area contributed by atoms with Gasteiger partial charge in [-0.15, -0.1) is 56.9 Å². The summed E-state index contributed by atoms with van der Waals surface area (Å²) in [5.74, 6) is 1.27. The summed E-state index contributed by atoms with van der Waals surface area (Å²) in [6.07, 6.45) is 3.48. The maximum absolute atomic E-state index is 4.93. The van der Waals surface area contributed by atoms with Gasteiger partial charge in [-0.2, -0.15) is 12.1 Å². The van der Waals surface area contributed by atoms with Gasteiger partial charge in [0.2, 0.25) is 0 Å². The zero-order chi connectivity index (χ0) is 37.5. The van der Waals surface area contributed by atoms with Gasteiger partial charge in [0.1, 0.15) is 0 Å². The van der Waals surface area contributed by atoms with Crippen molar-refractivity contribution in [3.8, 4) is 22.3 Å². The molecule has 2 radical (unpaired) electrons. The Morgan fingerprint density at radius 2 is 1.00 bits per heavy atom. The van der Waals surface area contributed by atoms with Crippen molar-refractivity contribution < 1.29 is 20.8 Å². The summed E-state index contributed by atoms with van der Waals surface area (Å²) in [5.41, 5.74) is 13.7. The third kappa shape index (κ3) is 12.4. The first kappa shape index (κ1) is 43.2. The van der Waals surface area contributed by atoms with Gasteiger partial charge in [-0.05, 0) is 67.2 Å². The van der Waals surface area contributed by atoms with Crippen LogP contribution in [0.4, 0.5) is 0 Å². The number of aryl methyl sites for hydroxylation is 4. The first-order valence-electron chi connectivity index (χ1n) is 18.8. The third-order valence-corrected chi connectivity index (χ3v) is 10.9. The van der Waals surface area contributed by atoms with E-state index in [2.05, 4.69) is 166 Å². The third-order valence-electron chi connectivity index (χ3n) is 9.85. The van der Waals surface area contributed by atoms with Gasteiger partial charge in [-0.3, -0.25) is 0 Å². The number of hydrogen-bond donors (Lipinski definition) is 0. The van der Waals surface area contributed by atoms with E-state index in [1.165, 1.54) is 112 Å². The van der Waals surface area contributed by atoms with Crippen LogP contribution in [0.2, 0.25) is 12.1 Å². The van der Waals surface area contributed by atoms with E-state index in [0.717, 1.165) is 6.42 Å². The van der Waals surface area contributed by atoms with Gasteiger partial charge >= 0.3 is 37.9 Å². The van der Waals surface area contributed by atoms with E-state index in [-0.39, 0.29) is 0 Å². The van der Waals surface area contributed by atoms with Crippen LogP contribution in [0.15, 0.2) is 97.1 Å². The van der Waals surface area contributed by atoms with Crippen molar-refractivity contribution >= 4 is 48.1 Å². The van der Waals surface area contributed by atoms with Crippen molar-refractivity contribution in [2.24, 2.45) is 0 Å². The van der Waals surface area contributed by atoms with E-state index in [9.17, 15) is 0 Å². The molecule has 0 nitrogen and oxygen atoms in total. The monoisotopic (exact) mass is 810 g/mol. The molecule has 0 aliphatic heterocycles. The molecule has 51 heavy (non-hydrogen) atoms. The Morgan fingerprint density at radius 3 is 1.37 bits per heavy atom. The zero-order valence-electron chi connectivity index (χ0n) is 32.7. The van der Waals surface area contributed by atoms with Crippen molar-refractivity contribution in [2.45, 2.75) is 112 Å². The fourth-order valence-electron chi connectivity index (χ4n) is 6.54. The van der Waals surface area contributed by atoms with Gasteiger partial charge in [-0.25, -0.2) is 0 Å². The number of halogens is 2. The molecule has 0 N–H and O–H groups in total. The topological polar surface area (TPSA) is 0 Å². The molecule has 0 heterocycles. The SMILES string of the molecule is CCC(C)c1ccc(-c2cc(C)cc3[cH-]c(C)cc23)cc1.CC[Si]CC.CCc1cc2c(-c3ccc(C(C)CC)cc3)cc(C)cc2[cH-]1.[Cl][Zr+2][Cl]. The molecule has 0 saturated carbocycles. The molecule has 2 unspecified atom stereocenters. The second kappa shape index (κ2) is 22.1. The molecule has 0 aliphatic rings. The van der Waals surface area contributed by atoms with Crippen LogP contribution < -0.4 is 0 Å². The molecule has 0 fully saturated rings. The summed E-state index contributed by atoms with van der Waals surface area (Å²) < 4.78 is 0. The molecule has 6 aromatic carbocycles. The van der Waals surface area contributed by atoms with Crippen molar-refractivity contribution in [3.05, 3.63) is 130 Å². The van der Waals surface area contributed by atoms with Crippen LogP contribution in [-0.4, -0.2) is 9.52 Å². The van der Waals surface area contributed by atoms with E-state index >= 15 is 0 Å². The number of hydrogen-bond acceptors (Lipinski definition) is 0. The summed E-state index contributed by atoms with van der Waals surface area (Å²) in [6.45, 7) is 22.3. The van der Waals surface area contributed by atoms with Crippen molar-refractivity contribution in [1.29, 1.82) is 0 Å². The van der Waals surface area contributed by atoms with E-state index in [1.54, 1.807) is 0 Å². The zero-order valence-corrected chi connectivity index (χ0v) is 37.7. The average molecular weight is 813 g/mol. The van der Waals surface area contributed by atoms with E-state index in [0.29, 0.717) is 11.8 Å². The van der Waals surface area contributed by atoms with Gasteiger partial charge in [-0.1, -0.05) is 150 Å². The molecule has 6 aromatic rings. The molecule has 0 amide bonds. The van der Waals surface area contributed by atoms with Gasteiger partial charge in [0.25, 0.3) is 0 Å². The van der Waals surface area contributed by atoms with Crippen LogP contribution in [0.1, 0.15) is 107 Å². The summed E-state index contributed by atoms with van der Waals surface area (Å²) >= 11 is -0.826. The minimum atomic E-state index is -0.826. The molecular weight excluding hydrogens is 755 g/mol. The molecule has 268 valence electrons. The summed E-state index contributed by atoms with van der Waals surface area (Å²) in [6, 6.07) is 39.5. The second-order valence-corrected chi connectivity index (χ2v) is 19.4. The second-order valence-electron chi connectivity index (χ2n) is 13.8. The van der Waals surface area contributed by atoms with E-state index < -0.39 is 20.8 Å². The molecule has 4 heteroatoms. The van der Waals surface area contributed by atoms with Crippen LogP contribution in [-0.2, 0) is 27.3 Å². The van der Waals surface area contributed by atoms with Crippen LogP contribution >= 0.6 is 17.0 Å². The summed E-state index contributed by atoms with van der Waals surface area (Å²) in [4.78, 5) is 0. The first-order valence-corrected chi connectivity index (χ1v) is 26.5. The van der Waals surface area contributed by atoms with Crippen molar-refractivity contribution in [1.82, 2.24) is 0 Å². The average Bonchev–Trinajstić information content (AvgIpc) is 3.73. The predicted octanol–water partition coefficient (Wildman–Crippen LogP) is 15.9. The first-order chi connectivity index (χ1) is 24.5. The van der Waals surface area contributed by atoms with Gasteiger partial charge in [0.05, 0.1) is 0 Å². The molecule has 0 aromatic heterocycles. The molecule has 6 rings (SSSR count). The molecule has 2 atom stereocenters. The van der Waals surface area contributed by atoms with E-state index in [4.69, 9.17) is 17.0 Å². The van der Waals surface area contributed by atoms with Gasteiger partial charge in [0, 0.05) is 9.52 Å². The Morgan fingerprint density at radius 1 is 0.588 bits per heavy atom. The van der Waals surface area contributed by atoms with Crippen LogP contribution in [0, 0.1) is 20.8 Å². The number of benzene rings is 4. The number of fused-ring (bicyclic) bond motifs is 2. The van der Waals surface area contributed by atoms with Gasteiger partial charge < -0.3 is 0 Å². The molecule has 0 saturated heterocycles. The van der Waals surface area contributed by atoms with Crippen LogP contribution in [0.25, 0.3) is 43.8 Å². The van der Waals surface area contributed by atoms with Gasteiger partial charge in [0.15, 0.2) is 0 Å². The maximum atomic E-state index is 4.93. The predicted molar refractivity (Wildman–Crippen MR) is 229 cm³/mol. The summed E-state index contributed by atoms with van der Waals surface area (Å²) in [5, 5.41) is 5.49. The molecule has 0 aliphatic carbocycles. The van der Waals surface area contributed by atoms with E-state index in [1.807, 2.05) is 0 Å². The Labute approximate surface area is 331 Å². The number of rotatable bonds is 9. The quantitative estimate of drug-likeness (QED) is 0.101. The molecular formula is C47H58Cl2SiZr.